The van der Waals surface area contributed by atoms with E-state index < -0.39 is 0 Å². The monoisotopic (exact) mass is 252 g/mol. The highest BCUT2D eigenvalue weighted by atomic mass is 16.5. The Morgan fingerprint density at radius 2 is 1.95 bits per heavy atom. The molecule has 0 spiro atoms. The van der Waals surface area contributed by atoms with Crippen molar-refractivity contribution in [3.8, 4) is 0 Å². The molecule has 2 aliphatic carbocycles. The van der Waals surface area contributed by atoms with Crippen LogP contribution in [0.5, 0.6) is 0 Å². The summed E-state index contributed by atoms with van der Waals surface area (Å²) in [5.41, 5.74) is 2.65. The minimum atomic E-state index is -0.351. The quantitative estimate of drug-likeness (QED) is 0.609. The third-order valence-electron chi connectivity index (χ3n) is 3.97. The molecule has 0 saturated heterocycles. The number of ether oxygens (including phenoxy) is 1. The van der Waals surface area contributed by atoms with Crippen molar-refractivity contribution in [1.29, 1.82) is 0 Å². The average Bonchev–Trinajstić information content (AvgIpc) is 2.79. The first kappa shape index (κ1) is 12.0. The van der Waals surface area contributed by atoms with Crippen molar-refractivity contribution in [2.75, 3.05) is 6.61 Å². The van der Waals surface area contributed by atoms with Gasteiger partial charge in [-0.15, -0.1) is 0 Å². The molecule has 0 radical (unpaired) electrons. The second-order valence-electron chi connectivity index (χ2n) is 4.94. The van der Waals surface area contributed by atoms with E-state index in [1.54, 1.807) is 0 Å². The minimum Gasteiger partial charge on any atom is -0.462 e. The number of hydrogen-bond acceptors (Lipinski definition) is 2. The Kier molecular flexibility index (Phi) is 3.08. The molecule has 0 aliphatic heterocycles. The molecular formula is C17H16O2. The predicted octanol–water partition coefficient (Wildman–Crippen LogP) is 3.34. The molecule has 0 amide bonds. The Labute approximate surface area is 113 Å². The first-order valence-electron chi connectivity index (χ1n) is 6.54. The van der Waals surface area contributed by atoms with Gasteiger partial charge >= 0.3 is 5.97 Å². The van der Waals surface area contributed by atoms with E-state index in [0.29, 0.717) is 18.4 Å². The number of carbonyl (C=O) groups is 1. The number of hydrogen-bond donors (Lipinski definition) is 0. The van der Waals surface area contributed by atoms with Crippen molar-refractivity contribution in [1.82, 2.24) is 0 Å². The van der Waals surface area contributed by atoms with Gasteiger partial charge in [0.2, 0.25) is 0 Å². The Hall–Kier alpha value is -2.09. The van der Waals surface area contributed by atoms with Crippen LogP contribution in [0.15, 0.2) is 61.2 Å². The van der Waals surface area contributed by atoms with Crippen molar-refractivity contribution in [3.05, 3.63) is 72.4 Å². The third-order valence-corrected chi connectivity index (χ3v) is 3.97. The first-order valence-corrected chi connectivity index (χ1v) is 6.54. The fourth-order valence-electron chi connectivity index (χ4n) is 3.11. The van der Waals surface area contributed by atoms with Gasteiger partial charge in [-0.05, 0) is 17.0 Å². The fourth-order valence-corrected chi connectivity index (χ4v) is 3.11. The second kappa shape index (κ2) is 4.88. The molecule has 0 saturated carbocycles. The van der Waals surface area contributed by atoms with E-state index in [-0.39, 0.29) is 11.9 Å². The van der Waals surface area contributed by atoms with Crippen LogP contribution >= 0.6 is 0 Å². The topological polar surface area (TPSA) is 26.3 Å². The summed E-state index contributed by atoms with van der Waals surface area (Å²) in [5, 5.41) is 0. The van der Waals surface area contributed by atoms with E-state index in [1.807, 2.05) is 6.07 Å². The predicted molar refractivity (Wildman–Crippen MR) is 74.9 cm³/mol. The van der Waals surface area contributed by atoms with Crippen LogP contribution in [-0.2, 0) is 9.53 Å². The molecule has 3 rings (SSSR count). The zero-order chi connectivity index (χ0) is 13.2. The van der Waals surface area contributed by atoms with Crippen molar-refractivity contribution in [2.45, 2.75) is 11.8 Å². The lowest BCUT2D eigenvalue weighted by Crippen LogP contribution is -2.17. The molecule has 19 heavy (non-hydrogen) atoms. The molecule has 3 unspecified atom stereocenters. The van der Waals surface area contributed by atoms with Crippen molar-refractivity contribution in [3.63, 3.8) is 0 Å². The number of rotatable bonds is 3. The van der Waals surface area contributed by atoms with Crippen LogP contribution in [0.3, 0.4) is 0 Å². The summed E-state index contributed by atoms with van der Waals surface area (Å²) in [5.74, 6) is 0.691. The molecule has 0 N–H and O–H groups in total. The third kappa shape index (κ3) is 2.03. The molecule has 3 atom stereocenters. The molecule has 1 aromatic carbocycles. The van der Waals surface area contributed by atoms with E-state index in [0.717, 1.165) is 0 Å². The summed E-state index contributed by atoms with van der Waals surface area (Å²) in [6.45, 7) is 3.85. The largest absolute Gasteiger partial charge is 0.462 e. The lowest BCUT2D eigenvalue weighted by Gasteiger charge is -2.22. The van der Waals surface area contributed by atoms with Crippen molar-refractivity contribution < 1.29 is 9.53 Å². The summed E-state index contributed by atoms with van der Waals surface area (Å²) in [6, 6.07) is 8.43. The molecule has 2 aliphatic rings. The van der Waals surface area contributed by atoms with Gasteiger partial charge in [0.1, 0.15) is 0 Å². The van der Waals surface area contributed by atoms with Crippen LogP contribution in [0.4, 0.5) is 0 Å². The van der Waals surface area contributed by atoms with Gasteiger partial charge in [0.05, 0.1) is 6.61 Å². The number of benzene rings is 1. The van der Waals surface area contributed by atoms with E-state index >= 15 is 0 Å². The maximum Gasteiger partial charge on any atom is 0.330 e. The minimum absolute atomic E-state index is 0.242. The van der Waals surface area contributed by atoms with E-state index in [2.05, 4.69) is 49.1 Å². The number of esters is 1. The standard InChI is InChI=1S/C17H16O2/c1-2-17(18)19-11-16-14-9-5-3-7-12(14)13-8-4-6-10-15(13)16/h2-10,12,14,16H,1,11H2. The van der Waals surface area contributed by atoms with Gasteiger partial charge < -0.3 is 4.74 Å². The molecule has 1 aromatic rings. The Morgan fingerprint density at radius 3 is 2.74 bits per heavy atom. The maximum absolute atomic E-state index is 11.3. The van der Waals surface area contributed by atoms with Gasteiger partial charge in [-0.3, -0.25) is 0 Å². The van der Waals surface area contributed by atoms with Gasteiger partial charge in [-0.1, -0.05) is 55.1 Å². The molecule has 0 bridgehead atoms. The smallest absolute Gasteiger partial charge is 0.330 e. The molecular weight excluding hydrogens is 236 g/mol. The number of allylic oxidation sites excluding steroid dienone is 4. The van der Waals surface area contributed by atoms with Gasteiger partial charge in [-0.25, -0.2) is 4.79 Å². The molecule has 0 fully saturated rings. The van der Waals surface area contributed by atoms with Crippen LogP contribution in [0, 0.1) is 5.92 Å². The van der Waals surface area contributed by atoms with E-state index in [4.69, 9.17) is 4.74 Å². The van der Waals surface area contributed by atoms with Gasteiger partial charge in [0.25, 0.3) is 0 Å². The van der Waals surface area contributed by atoms with Crippen molar-refractivity contribution >= 4 is 5.97 Å². The second-order valence-corrected chi connectivity index (χ2v) is 4.94. The highest BCUT2D eigenvalue weighted by molar-refractivity contribution is 5.81. The number of fused-ring (bicyclic) bond motifs is 3. The average molecular weight is 252 g/mol. The van der Waals surface area contributed by atoms with Crippen LogP contribution in [0.2, 0.25) is 0 Å². The normalized spacial score (nSPS) is 26.6. The molecule has 0 heterocycles. The zero-order valence-corrected chi connectivity index (χ0v) is 10.7. The lowest BCUT2D eigenvalue weighted by molar-refractivity contribution is -0.138. The molecule has 2 heteroatoms. The highest BCUT2D eigenvalue weighted by Crippen LogP contribution is 2.49. The number of carbonyl (C=O) groups excluding carboxylic acids is 1. The summed E-state index contributed by atoms with van der Waals surface area (Å²) in [4.78, 5) is 11.3. The first-order chi connectivity index (χ1) is 9.31. The summed E-state index contributed by atoms with van der Waals surface area (Å²) >= 11 is 0. The highest BCUT2D eigenvalue weighted by Gasteiger charge is 2.38. The van der Waals surface area contributed by atoms with Crippen LogP contribution < -0.4 is 0 Å². The molecule has 96 valence electrons. The maximum atomic E-state index is 11.3. The SMILES string of the molecule is C=CC(=O)OCC1c2ccccc2C2C=CC=CC21. The Balaban J connectivity index is 1.90. The fraction of sp³-hybridized carbons (Fsp3) is 0.235. The summed E-state index contributed by atoms with van der Waals surface area (Å²) in [6.07, 6.45) is 9.84. The van der Waals surface area contributed by atoms with Crippen LogP contribution in [0.1, 0.15) is 23.0 Å². The zero-order valence-electron chi connectivity index (χ0n) is 10.7. The molecule has 2 nitrogen and oxygen atoms in total. The van der Waals surface area contributed by atoms with Gasteiger partial charge in [-0.2, -0.15) is 0 Å². The molecule has 0 aromatic heterocycles. The van der Waals surface area contributed by atoms with E-state index in [9.17, 15) is 4.79 Å². The Bertz CT molecular complexity index is 568. The van der Waals surface area contributed by atoms with Crippen molar-refractivity contribution in [2.24, 2.45) is 5.92 Å². The van der Waals surface area contributed by atoms with Gasteiger partial charge in [0, 0.05) is 17.9 Å². The van der Waals surface area contributed by atoms with Crippen LogP contribution in [0.25, 0.3) is 0 Å². The Morgan fingerprint density at radius 1 is 1.21 bits per heavy atom. The lowest BCUT2D eigenvalue weighted by atomic mass is 9.84. The van der Waals surface area contributed by atoms with E-state index in [1.165, 1.54) is 17.2 Å². The van der Waals surface area contributed by atoms with Gasteiger partial charge in [0.15, 0.2) is 0 Å². The van der Waals surface area contributed by atoms with Crippen LogP contribution in [-0.4, -0.2) is 12.6 Å². The summed E-state index contributed by atoms with van der Waals surface area (Å²) in [7, 11) is 0. The summed E-state index contributed by atoms with van der Waals surface area (Å²) < 4.78 is 5.27.